The van der Waals surface area contributed by atoms with E-state index in [1.807, 2.05) is 0 Å². The zero-order chi connectivity index (χ0) is 34.2. The molecular weight excluding hydrogens is 553 g/mol. The molecule has 0 heterocycles. The fraction of sp³-hybridized carbons (Fsp3) is 0.913. The third-order valence-electron chi connectivity index (χ3n) is 10.2. The lowest BCUT2D eigenvalue weighted by Crippen LogP contribution is -2.03. The second-order valence-corrected chi connectivity index (χ2v) is 15.2. The Balaban J connectivity index is 0. The minimum atomic E-state index is 0.921. The van der Waals surface area contributed by atoms with E-state index in [9.17, 15) is 0 Å². The van der Waals surface area contributed by atoms with Gasteiger partial charge in [0.25, 0.3) is 0 Å². The standard InChI is InChI=1S/C28H56.C18H36/c1-5-8-11-14-17-20-23-27(4)26-28(24-21-18-15-12-9-6-2)25-22-19-16-13-10-7-3;1-4-6-8-10-11-12-13-15-17-18(3)16-14-9-7-5-2/h28H,4-26H2,1-3H3;3-17H2,1-2H3. The third-order valence-corrected chi connectivity index (χ3v) is 10.2. The van der Waals surface area contributed by atoms with Gasteiger partial charge in [-0.05, 0) is 50.9 Å². The average molecular weight is 645 g/mol. The van der Waals surface area contributed by atoms with Crippen molar-refractivity contribution in [3.8, 4) is 0 Å². The van der Waals surface area contributed by atoms with Crippen LogP contribution >= 0.6 is 0 Å². The Morgan fingerprint density at radius 2 is 0.543 bits per heavy atom. The maximum absolute atomic E-state index is 4.47. The van der Waals surface area contributed by atoms with Crippen LogP contribution < -0.4 is 0 Å². The molecule has 0 fully saturated rings. The molecule has 0 nitrogen and oxygen atoms in total. The summed E-state index contributed by atoms with van der Waals surface area (Å²) in [7, 11) is 0. The molecule has 0 bridgehead atoms. The van der Waals surface area contributed by atoms with Crippen LogP contribution in [0.5, 0.6) is 0 Å². The number of hydrogen-bond acceptors (Lipinski definition) is 0. The highest BCUT2D eigenvalue weighted by Crippen LogP contribution is 2.27. The van der Waals surface area contributed by atoms with Gasteiger partial charge in [0.05, 0.1) is 0 Å². The van der Waals surface area contributed by atoms with E-state index in [4.69, 9.17) is 0 Å². The Hall–Kier alpha value is -0.520. The molecule has 0 aromatic carbocycles. The molecule has 46 heavy (non-hydrogen) atoms. The van der Waals surface area contributed by atoms with Crippen LogP contribution in [0.4, 0.5) is 0 Å². The van der Waals surface area contributed by atoms with Crippen molar-refractivity contribution in [1.82, 2.24) is 0 Å². The monoisotopic (exact) mass is 645 g/mol. The summed E-state index contributed by atoms with van der Waals surface area (Å²) >= 11 is 0. The van der Waals surface area contributed by atoms with Gasteiger partial charge in [0.2, 0.25) is 0 Å². The Labute approximate surface area is 295 Å². The zero-order valence-corrected chi connectivity index (χ0v) is 33.4. The molecule has 0 aromatic rings. The van der Waals surface area contributed by atoms with Crippen molar-refractivity contribution in [2.45, 2.75) is 266 Å². The Kier molecular flexibility index (Phi) is 44.0. The summed E-state index contributed by atoms with van der Waals surface area (Å²) in [6.07, 6.45) is 50.5. The van der Waals surface area contributed by atoms with Crippen molar-refractivity contribution in [3.63, 3.8) is 0 Å². The topological polar surface area (TPSA) is 0 Å². The van der Waals surface area contributed by atoms with Crippen molar-refractivity contribution < 1.29 is 0 Å². The minimum absolute atomic E-state index is 0.921. The van der Waals surface area contributed by atoms with Crippen LogP contribution in [0, 0.1) is 5.92 Å². The van der Waals surface area contributed by atoms with E-state index in [1.165, 1.54) is 237 Å². The molecule has 0 aliphatic heterocycles. The van der Waals surface area contributed by atoms with Crippen LogP contribution in [0.2, 0.25) is 0 Å². The molecule has 0 saturated carbocycles. The smallest absolute Gasteiger partial charge is 0.0294 e. The lowest BCUT2D eigenvalue weighted by molar-refractivity contribution is 0.396. The Morgan fingerprint density at radius 1 is 0.304 bits per heavy atom. The molecule has 0 aromatic heterocycles. The SMILES string of the molecule is C=C(CCCCCC)CCCCCCCCCC.C=C(CCCCCCCC)CC(CCCCCCCC)CCCCCCCC. The van der Waals surface area contributed by atoms with Crippen molar-refractivity contribution in [1.29, 1.82) is 0 Å². The van der Waals surface area contributed by atoms with Crippen molar-refractivity contribution in [2.24, 2.45) is 5.92 Å². The molecule has 0 radical (unpaired) electrons. The highest BCUT2D eigenvalue weighted by Gasteiger charge is 2.11. The van der Waals surface area contributed by atoms with E-state index in [0.717, 1.165) is 5.92 Å². The normalized spacial score (nSPS) is 11.2. The second-order valence-electron chi connectivity index (χ2n) is 15.2. The molecule has 0 unspecified atom stereocenters. The summed E-state index contributed by atoms with van der Waals surface area (Å²) in [5.74, 6) is 0.921. The summed E-state index contributed by atoms with van der Waals surface area (Å²) in [6.45, 7) is 20.2. The quantitative estimate of drug-likeness (QED) is 0.0466. The van der Waals surface area contributed by atoms with E-state index in [1.54, 1.807) is 5.57 Å². The number of hydrogen-bond donors (Lipinski definition) is 0. The molecule has 0 saturated heterocycles. The van der Waals surface area contributed by atoms with Gasteiger partial charge in [-0.15, -0.1) is 0 Å². The molecule has 0 aliphatic rings. The number of unbranched alkanes of at least 4 members (excludes halogenated alkanes) is 25. The van der Waals surface area contributed by atoms with Crippen molar-refractivity contribution in [2.75, 3.05) is 0 Å². The fourth-order valence-corrected chi connectivity index (χ4v) is 6.88. The first-order valence-corrected chi connectivity index (χ1v) is 21.9. The lowest BCUT2D eigenvalue weighted by atomic mass is 9.87. The first-order valence-electron chi connectivity index (χ1n) is 21.9. The van der Waals surface area contributed by atoms with E-state index < -0.39 is 0 Å². The van der Waals surface area contributed by atoms with Crippen LogP contribution in [0.3, 0.4) is 0 Å². The lowest BCUT2D eigenvalue weighted by Gasteiger charge is -2.18. The van der Waals surface area contributed by atoms with Gasteiger partial charge in [-0.2, -0.15) is 0 Å². The minimum Gasteiger partial charge on any atom is -0.0999 e. The molecule has 0 rings (SSSR count). The molecule has 276 valence electrons. The molecule has 0 amide bonds. The van der Waals surface area contributed by atoms with Gasteiger partial charge < -0.3 is 0 Å². The fourth-order valence-electron chi connectivity index (χ4n) is 6.88. The highest BCUT2D eigenvalue weighted by molar-refractivity contribution is 4.96. The summed E-state index contributed by atoms with van der Waals surface area (Å²) in [4.78, 5) is 0. The van der Waals surface area contributed by atoms with Crippen molar-refractivity contribution >= 4 is 0 Å². The third kappa shape index (κ3) is 41.5. The maximum Gasteiger partial charge on any atom is -0.0294 e. The molecule has 0 aliphatic carbocycles. The van der Waals surface area contributed by atoms with E-state index in [2.05, 4.69) is 47.8 Å². The van der Waals surface area contributed by atoms with Crippen LogP contribution in [0.25, 0.3) is 0 Å². The molecular formula is C46H92. The van der Waals surface area contributed by atoms with Gasteiger partial charge in [-0.3, -0.25) is 0 Å². The highest BCUT2D eigenvalue weighted by atomic mass is 14.2. The van der Waals surface area contributed by atoms with Crippen LogP contribution in [-0.2, 0) is 0 Å². The molecule has 0 heteroatoms. The van der Waals surface area contributed by atoms with Crippen LogP contribution in [0.15, 0.2) is 24.3 Å². The van der Waals surface area contributed by atoms with Gasteiger partial charge in [0, 0.05) is 0 Å². The largest absolute Gasteiger partial charge is 0.0999 e. The first-order chi connectivity index (χ1) is 22.5. The van der Waals surface area contributed by atoms with Gasteiger partial charge in [0.15, 0.2) is 0 Å². The van der Waals surface area contributed by atoms with Gasteiger partial charge in [0.1, 0.15) is 0 Å². The summed E-state index contributed by atoms with van der Waals surface area (Å²) in [5.41, 5.74) is 3.05. The predicted octanol–water partition coefficient (Wildman–Crippen LogP) is 17.8. The average Bonchev–Trinajstić information content (AvgIpc) is 3.05. The van der Waals surface area contributed by atoms with Crippen molar-refractivity contribution in [3.05, 3.63) is 24.3 Å². The van der Waals surface area contributed by atoms with Gasteiger partial charge >= 0.3 is 0 Å². The number of rotatable bonds is 37. The molecule has 0 N–H and O–H groups in total. The Bertz CT molecular complexity index is 555. The maximum atomic E-state index is 4.47. The van der Waals surface area contributed by atoms with E-state index in [-0.39, 0.29) is 0 Å². The summed E-state index contributed by atoms with van der Waals surface area (Å²) in [5, 5.41) is 0. The molecule has 0 atom stereocenters. The zero-order valence-electron chi connectivity index (χ0n) is 33.4. The van der Waals surface area contributed by atoms with E-state index >= 15 is 0 Å². The first kappa shape index (κ1) is 47.6. The number of allylic oxidation sites excluding steroid dienone is 2. The van der Waals surface area contributed by atoms with Crippen LogP contribution in [-0.4, -0.2) is 0 Å². The van der Waals surface area contributed by atoms with E-state index in [0.29, 0.717) is 0 Å². The predicted molar refractivity (Wildman–Crippen MR) is 216 cm³/mol. The Morgan fingerprint density at radius 3 is 0.870 bits per heavy atom. The van der Waals surface area contributed by atoms with Crippen LogP contribution in [0.1, 0.15) is 266 Å². The summed E-state index contributed by atoms with van der Waals surface area (Å²) in [6, 6.07) is 0. The second kappa shape index (κ2) is 42.5. The van der Waals surface area contributed by atoms with Gasteiger partial charge in [-0.1, -0.05) is 245 Å². The summed E-state index contributed by atoms with van der Waals surface area (Å²) < 4.78 is 0. The molecule has 0 spiro atoms. The van der Waals surface area contributed by atoms with Gasteiger partial charge in [-0.25, -0.2) is 0 Å².